The van der Waals surface area contributed by atoms with E-state index in [1.807, 2.05) is 4.72 Å². The summed E-state index contributed by atoms with van der Waals surface area (Å²) in [5.41, 5.74) is -6.34. The van der Waals surface area contributed by atoms with E-state index in [9.17, 15) is 18.4 Å². The van der Waals surface area contributed by atoms with Gasteiger partial charge in [0.15, 0.2) is 18.2 Å². The number of hydrogen-bond acceptors (Lipinski definition) is 4. The average Bonchev–Trinajstić information content (AvgIpc) is 2.83. The molecule has 0 bridgehead atoms. The van der Waals surface area contributed by atoms with Crippen LogP contribution in [0.25, 0.3) is 0 Å². The van der Waals surface area contributed by atoms with Gasteiger partial charge in [0.1, 0.15) is 0 Å². The normalized spacial score (nSPS) is 19.4. The van der Waals surface area contributed by atoms with Crippen LogP contribution in [0, 0.1) is 5.21 Å². The lowest BCUT2D eigenvalue weighted by Crippen LogP contribution is -2.24. The van der Waals surface area contributed by atoms with Gasteiger partial charge in [0.05, 0.1) is 16.1 Å². The SMILES string of the molecule is [2H]c1c([2H])c(S(=O)(=O)Nc2ccc(Cl)cc2C(=O)c2cc[n+]([O-])cc2)c([2H])c([2H])c1C(C([2H])([2H])[2H])(C([2H])([2H])[2H])C([2H])([2H])[2H]. The predicted molar refractivity (Wildman–Crippen MR) is 116 cm³/mol. The molecule has 0 spiro atoms. The maximum Gasteiger partial charge on any atom is 0.261 e. The van der Waals surface area contributed by atoms with Crippen molar-refractivity contribution in [2.75, 3.05) is 4.72 Å². The van der Waals surface area contributed by atoms with Gasteiger partial charge in [-0.25, -0.2) is 8.42 Å². The third-order valence-electron chi connectivity index (χ3n) is 3.78. The number of carbonyl (C=O) groups is 1. The third-order valence-corrected chi connectivity index (χ3v) is 5.25. The fraction of sp³-hybridized carbons (Fsp3) is 0.182. The molecule has 0 aliphatic heterocycles. The van der Waals surface area contributed by atoms with Crippen molar-refractivity contribution in [3.63, 3.8) is 0 Å². The molecule has 0 radical (unpaired) electrons. The lowest BCUT2D eigenvalue weighted by atomic mass is 9.87. The van der Waals surface area contributed by atoms with Gasteiger partial charge in [0.2, 0.25) is 0 Å². The molecule has 3 rings (SSSR count). The summed E-state index contributed by atoms with van der Waals surface area (Å²) in [5.74, 6) is -0.812. The van der Waals surface area contributed by atoms with E-state index in [0.29, 0.717) is 4.73 Å². The van der Waals surface area contributed by atoms with E-state index in [2.05, 4.69) is 0 Å². The average molecular weight is 458 g/mol. The number of aromatic nitrogens is 1. The number of ketones is 1. The summed E-state index contributed by atoms with van der Waals surface area (Å²) in [5, 5.41) is 11.3. The maximum atomic E-state index is 13.5. The van der Waals surface area contributed by atoms with Gasteiger partial charge in [-0.1, -0.05) is 44.2 Å². The first kappa shape index (κ1) is 10.4. The third kappa shape index (κ3) is 4.80. The highest BCUT2D eigenvalue weighted by molar-refractivity contribution is 7.92. The van der Waals surface area contributed by atoms with Crippen LogP contribution in [0.3, 0.4) is 0 Å². The lowest BCUT2D eigenvalue weighted by molar-refractivity contribution is -0.605. The van der Waals surface area contributed by atoms with E-state index < -0.39 is 82.1 Å². The number of halogens is 1. The highest BCUT2D eigenvalue weighted by Gasteiger charge is 2.21. The van der Waals surface area contributed by atoms with E-state index >= 15 is 0 Å². The van der Waals surface area contributed by atoms with Gasteiger partial charge in [-0.2, -0.15) is 4.73 Å². The van der Waals surface area contributed by atoms with Gasteiger partial charge in [0, 0.05) is 40.6 Å². The van der Waals surface area contributed by atoms with E-state index in [1.54, 1.807) is 0 Å². The van der Waals surface area contributed by atoms with E-state index in [0.717, 1.165) is 36.7 Å². The number of rotatable bonds is 5. The molecule has 3 aromatic rings. The molecule has 0 unspecified atom stereocenters. The molecule has 156 valence electrons. The number of pyridine rings is 1. The van der Waals surface area contributed by atoms with Crippen molar-refractivity contribution in [3.8, 4) is 0 Å². The van der Waals surface area contributed by atoms with Gasteiger partial charge >= 0.3 is 0 Å². The Balaban J connectivity index is 2.30. The van der Waals surface area contributed by atoms with Crippen LogP contribution in [0.1, 0.15) is 59.9 Å². The first-order valence-corrected chi connectivity index (χ1v) is 9.93. The number of sulfonamides is 1. The van der Waals surface area contributed by atoms with Gasteiger partial charge in [-0.15, -0.1) is 0 Å². The van der Waals surface area contributed by atoms with Gasteiger partial charge < -0.3 is 5.21 Å². The van der Waals surface area contributed by atoms with Crippen LogP contribution in [-0.4, -0.2) is 14.2 Å². The van der Waals surface area contributed by atoms with Crippen LogP contribution < -0.4 is 9.45 Å². The Morgan fingerprint density at radius 1 is 1.13 bits per heavy atom. The smallest absolute Gasteiger partial charge is 0.261 e. The van der Waals surface area contributed by atoms with Crippen molar-refractivity contribution in [2.24, 2.45) is 0 Å². The zero-order chi connectivity index (χ0) is 33.1. The Morgan fingerprint density at radius 2 is 1.77 bits per heavy atom. The van der Waals surface area contributed by atoms with Crippen LogP contribution >= 0.6 is 11.6 Å². The number of anilines is 1. The molecular weight excluding hydrogens is 424 g/mol. The van der Waals surface area contributed by atoms with Crippen molar-refractivity contribution >= 4 is 33.1 Å². The summed E-state index contributed by atoms with van der Waals surface area (Å²) in [6.07, 6.45) is 2.01. The van der Waals surface area contributed by atoms with Gasteiger partial charge in [-0.05, 0) is 41.3 Å². The van der Waals surface area contributed by atoms with E-state index in [4.69, 9.17) is 29.4 Å². The number of nitrogens with zero attached hydrogens (tertiary/aromatic N) is 1. The Hall–Kier alpha value is -2.90. The Kier molecular flexibility index (Phi) is 2.81. The van der Waals surface area contributed by atoms with Crippen LogP contribution in [0.15, 0.2) is 71.8 Å². The fourth-order valence-corrected chi connectivity index (χ4v) is 3.44. The summed E-state index contributed by atoms with van der Waals surface area (Å²) in [4.78, 5) is 11.7. The summed E-state index contributed by atoms with van der Waals surface area (Å²) in [6.45, 7) is -11.9. The minimum Gasteiger partial charge on any atom is -0.619 e. The summed E-state index contributed by atoms with van der Waals surface area (Å²) < 4.78 is 133. The highest BCUT2D eigenvalue weighted by Crippen LogP contribution is 2.27. The maximum absolute atomic E-state index is 13.5. The second-order valence-corrected chi connectivity index (χ2v) is 8.08. The van der Waals surface area contributed by atoms with Crippen LogP contribution in [0.5, 0.6) is 0 Å². The Bertz CT molecular complexity index is 1640. The van der Waals surface area contributed by atoms with E-state index in [-0.39, 0.29) is 16.1 Å². The quantitative estimate of drug-likeness (QED) is 0.351. The molecule has 1 aromatic heterocycles. The number of benzene rings is 2. The van der Waals surface area contributed by atoms with Gasteiger partial charge in [-0.3, -0.25) is 9.52 Å². The summed E-state index contributed by atoms with van der Waals surface area (Å²) in [6, 6.07) is -0.369. The molecule has 0 aliphatic carbocycles. The zero-order valence-electron chi connectivity index (χ0n) is 27.9. The highest BCUT2D eigenvalue weighted by atomic mass is 35.5. The molecule has 0 atom stereocenters. The number of nitrogens with one attached hydrogen (secondary N) is 1. The predicted octanol–water partition coefficient (Wildman–Crippen LogP) is 4.30. The molecule has 2 aromatic carbocycles. The molecule has 0 amide bonds. The van der Waals surface area contributed by atoms with Crippen LogP contribution in [0.4, 0.5) is 5.69 Å². The summed E-state index contributed by atoms with van der Waals surface area (Å²) >= 11 is 5.99. The fourth-order valence-electron chi connectivity index (χ4n) is 2.33. The standard InChI is InChI=1S/C22H21ClN2O4S/c1-22(2,3)16-4-7-18(8-5-16)30(28,29)24-20-9-6-17(23)14-19(20)21(26)15-10-12-25(27)13-11-15/h4-14,24H,1-3H3/i1D3,2D3,3D3,4D,5D,7D,8D. The molecule has 0 saturated heterocycles. The molecule has 1 N–H and O–H groups in total. The molecule has 8 heteroatoms. The van der Waals surface area contributed by atoms with Crippen molar-refractivity contribution in [1.82, 2.24) is 0 Å². The number of carbonyl (C=O) groups excluding carboxylic acids is 1. The monoisotopic (exact) mass is 457 g/mol. The molecule has 30 heavy (non-hydrogen) atoms. The van der Waals surface area contributed by atoms with Gasteiger partial charge in [0.25, 0.3) is 10.0 Å². The minimum absolute atomic E-state index is 0.00921. The molecule has 0 aliphatic rings. The lowest BCUT2D eigenvalue weighted by Gasteiger charge is -2.19. The Morgan fingerprint density at radius 3 is 2.37 bits per heavy atom. The first-order valence-electron chi connectivity index (χ1n) is 14.6. The molecule has 1 heterocycles. The Labute approximate surface area is 199 Å². The molecule has 0 fully saturated rings. The zero-order valence-corrected chi connectivity index (χ0v) is 16.5. The first-order chi connectivity index (χ1) is 19.4. The molecule has 0 saturated carbocycles. The number of hydrogen-bond donors (Lipinski definition) is 1. The minimum atomic E-state index is -5.18. The van der Waals surface area contributed by atoms with Crippen molar-refractivity contribution in [1.29, 1.82) is 0 Å². The van der Waals surface area contributed by atoms with Crippen molar-refractivity contribution in [3.05, 3.63) is 93.8 Å². The molecule has 6 nitrogen and oxygen atoms in total. The molecular formula is C22H21ClN2O4S. The van der Waals surface area contributed by atoms with Crippen molar-refractivity contribution in [2.45, 2.75) is 30.9 Å². The second-order valence-electron chi connectivity index (χ2n) is 6.03. The van der Waals surface area contributed by atoms with Crippen LogP contribution in [0.2, 0.25) is 5.02 Å². The largest absolute Gasteiger partial charge is 0.619 e. The topological polar surface area (TPSA) is 90.2 Å². The summed E-state index contributed by atoms with van der Waals surface area (Å²) in [7, 11) is -5.18. The van der Waals surface area contributed by atoms with E-state index in [1.165, 1.54) is 6.07 Å². The van der Waals surface area contributed by atoms with Crippen LogP contribution in [-0.2, 0) is 15.4 Å². The second kappa shape index (κ2) is 8.08. The van der Waals surface area contributed by atoms with Crippen molar-refractivity contribution < 1.29 is 35.8 Å².